The smallest absolute Gasteiger partial charge is 0.177 e. The molecule has 2 aliphatic rings. The average molecular weight is 246 g/mol. The molecule has 1 N–H and O–H groups in total. The van der Waals surface area contributed by atoms with Crippen LogP contribution < -0.4 is 0 Å². The summed E-state index contributed by atoms with van der Waals surface area (Å²) in [7, 11) is -3.26. The van der Waals surface area contributed by atoms with Crippen LogP contribution in [-0.2, 0) is 9.84 Å². The van der Waals surface area contributed by atoms with E-state index in [1.54, 1.807) is 0 Å². The van der Waals surface area contributed by atoms with E-state index in [1.807, 2.05) is 12.2 Å². The summed E-state index contributed by atoms with van der Waals surface area (Å²) in [5, 5.41) is 9.11. The number of allylic oxidation sites excluding steroid dienone is 4. The van der Waals surface area contributed by atoms with E-state index in [2.05, 4.69) is 11.1 Å². The minimum Gasteiger partial charge on any atom is -0.362 e. The van der Waals surface area contributed by atoms with E-state index >= 15 is 0 Å². The first-order valence-corrected chi connectivity index (χ1v) is 7.14. The van der Waals surface area contributed by atoms with Gasteiger partial charge in [0.2, 0.25) is 0 Å². The summed E-state index contributed by atoms with van der Waals surface area (Å²) < 4.78 is 23.4. The van der Waals surface area contributed by atoms with Gasteiger partial charge in [-0.3, -0.25) is 0 Å². The molecule has 0 amide bonds. The van der Waals surface area contributed by atoms with E-state index in [0.29, 0.717) is 16.9 Å². The van der Waals surface area contributed by atoms with Gasteiger partial charge in [0.25, 0.3) is 0 Å². The third-order valence-corrected chi connectivity index (χ3v) is 4.39. The van der Waals surface area contributed by atoms with Crippen molar-refractivity contribution in [3.63, 3.8) is 0 Å². The van der Waals surface area contributed by atoms with Gasteiger partial charge in [0.15, 0.2) is 9.84 Å². The van der Waals surface area contributed by atoms with Crippen LogP contribution in [0.3, 0.4) is 0 Å². The largest absolute Gasteiger partial charge is 0.362 e. The highest BCUT2D eigenvalue weighted by atomic mass is 32.2. The third-order valence-electron chi connectivity index (χ3n) is 3.27. The van der Waals surface area contributed by atoms with Crippen molar-refractivity contribution < 1.29 is 8.42 Å². The van der Waals surface area contributed by atoms with Gasteiger partial charge >= 0.3 is 0 Å². The molecule has 0 bridgehead atoms. The Morgan fingerprint density at radius 1 is 1.47 bits per heavy atom. The summed E-state index contributed by atoms with van der Waals surface area (Å²) in [5.41, 5.74) is 3.47. The lowest BCUT2D eigenvalue weighted by Crippen LogP contribution is -2.13. The van der Waals surface area contributed by atoms with Crippen molar-refractivity contribution in [3.8, 4) is 6.07 Å². The zero-order valence-corrected chi connectivity index (χ0v) is 10.0. The Kier molecular flexibility index (Phi) is 1.90. The van der Waals surface area contributed by atoms with Crippen molar-refractivity contribution in [1.29, 1.82) is 5.26 Å². The lowest BCUT2D eigenvalue weighted by atomic mass is 9.78. The standard InChI is InChI=1S/C12H10N2O2S/c1-17(15,16)10-6-14-12-8(5-13)4-7-2-3-9(7)11(10)12/h2-3,6,8,14H,4H2,1H3. The van der Waals surface area contributed by atoms with Gasteiger partial charge in [0, 0.05) is 23.7 Å². The Bertz CT molecular complexity index is 714. The van der Waals surface area contributed by atoms with E-state index in [1.165, 1.54) is 12.5 Å². The predicted octanol–water partition coefficient (Wildman–Crippen LogP) is 1.75. The van der Waals surface area contributed by atoms with Crippen molar-refractivity contribution in [2.75, 3.05) is 6.26 Å². The Labute approximate surface area is 99.2 Å². The molecule has 86 valence electrons. The first kappa shape index (κ1) is 10.4. The van der Waals surface area contributed by atoms with Crippen molar-refractivity contribution in [1.82, 2.24) is 4.98 Å². The van der Waals surface area contributed by atoms with Crippen LogP contribution in [0.4, 0.5) is 0 Å². The van der Waals surface area contributed by atoms with Crippen molar-refractivity contribution in [2.45, 2.75) is 17.2 Å². The molecule has 0 aliphatic heterocycles. The Hall–Kier alpha value is -1.80. The second kappa shape index (κ2) is 3.11. The molecule has 1 atom stereocenters. The SMILES string of the molecule is CS(=O)(=O)c1c[nH]c2c1C1=C(C=C1)CC2C#N. The fraction of sp³-hybridized carbons (Fsp3) is 0.250. The van der Waals surface area contributed by atoms with E-state index in [9.17, 15) is 8.42 Å². The minimum absolute atomic E-state index is 0.274. The minimum atomic E-state index is -3.26. The molecule has 4 nitrogen and oxygen atoms in total. The zero-order chi connectivity index (χ0) is 12.2. The van der Waals surface area contributed by atoms with Crippen LogP contribution in [0.1, 0.15) is 23.6 Å². The normalized spacial score (nSPS) is 21.5. The molecular formula is C12H10N2O2S. The number of H-pyrrole nitrogens is 1. The van der Waals surface area contributed by atoms with Gasteiger partial charge in [-0.05, 0) is 17.6 Å². The molecule has 0 fully saturated rings. The molecule has 0 aromatic carbocycles. The van der Waals surface area contributed by atoms with E-state index in [0.717, 1.165) is 16.8 Å². The summed E-state index contributed by atoms with van der Waals surface area (Å²) >= 11 is 0. The number of nitrogens with zero attached hydrogens (tertiary/aromatic N) is 1. The summed E-state index contributed by atoms with van der Waals surface area (Å²) in [6, 6.07) is 2.22. The molecule has 0 saturated heterocycles. The van der Waals surface area contributed by atoms with Crippen LogP contribution in [0.15, 0.2) is 28.8 Å². The maximum atomic E-state index is 11.7. The monoisotopic (exact) mass is 246 g/mol. The highest BCUT2D eigenvalue weighted by Crippen LogP contribution is 2.45. The van der Waals surface area contributed by atoms with Crippen LogP contribution in [0.2, 0.25) is 0 Å². The topological polar surface area (TPSA) is 73.7 Å². The molecule has 5 heteroatoms. The van der Waals surface area contributed by atoms with Crippen LogP contribution in [0.25, 0.3) is 5.57 Å². The molecular weight excluding hydrogens is 236 g/mol. The fourth-order valence-corrected chi connectivity index (χ4v) is 3.27. The predicted molar refractivity (Wildman–Crippen MR) is 62.9 cm³/mol. The number of hydrogen-bond acceptors (Lipinski definition) is 3. The molecule has 1 aromatic rings. The van der Waals surface area contributed by atoms with Crippen molar-refractivity contribution >= 4 is 15.4 Å². The van der Waals surface area contributed by atoms with Crippen molar-refractivity contribution in [3.05, 3.63) is 35.2 Å². The summed E-state index contributed by atoms with van der Waals surface area (Å²) in [4.78, 5) is 3.24. The molecule has 17 heavy (non-hydrogen) atoms. The van der Waals surface area contributed by atoms with E-state index in [-0.39, 0.29) is 5.92 Å². The van der Waals surface area contributed by atoms with Crippen LogP contribution in [0, 0.1) is 11.3 Å². The second-order valence-electron chi connectivity index (χ2n) is 4.37. The Morgan fingerprint density at radius 2 is 2.24 bits per heavy atom. The molecule has 0 saturated carbocycles. The number of sulfone groups is 1. The molecule has 1 heterocycles. The number of fused-ring (bicyclic) bond motifs is 2. The molecule has 2 aliphatic carbocycles. The Balaban J connectivity index is 2.29. The number of nitriles is 1. The third kappa shape index (κ3) is 1.31. The lowest BCUT2D eigenvalue weighted by molar-refractivity contribution is 0.601. The molecule has 0 spiro atoms. The van der Waals surface area contributed by atoms with Crippen LogP contribution in [-0.4, -0.2) is 19.7 Å². The van der Waals surface area contributed by atoms with Gasteiger partial charge in [-0.1, -0.05) is 12.2 Å². The quantitative estimate of drug-likeness (QED) is 0.820. The average Bonchev–Trinajstić information content (AvgIpc) is 2.61. The molecule has 3 rings (SSSR count). The van der Waals surface area contributed by atoms with Gasteiger partial charge in [0.1, 0.15) is 0 Å². The van der Waals surface area contributed by atoms with Gasteiger partial charge in [-0.2, -0.15) is 5.26 Å². The van der Waals surface area contributed by atoms with Crippen molar-refractivity contribution in [2.24, 2.45) is 0 Å². The van der Waals surface area contributed by atoms with Crippen LogP contribution in [0.5, 0.6) is 0 Å². The Morgan fingerprint density at radius 3 is 2.76 bits per heavy atom. The summed E-state index contributed by atoms with van der Waals surface area (Å²) in [6.45, 7) is 0. The highest BCUT2D eigenvalue weighted by molar-refractivity contribution is 7.90. The number of hydrogen-bond donors (Lipinski definition) is 1. The first-order valence-electron chi connectivity index (χ1n) is 5.25. The van der Waals surface area contributed by atoms with E-state index in [4.69, 9.17) is 5.26 Å². The number of aromatic amines is 1. The summed E-state index contributed by atoms with van der Waals surface area (Å²) in [6.07, 6.45) is 7.20. The maximum absolute atomic E-state index is 11.7. The molecule has 1 aromatic heterocycles. The number of aromatic nitrogens is 1. The number of rotatable bonds is 1. The van der Waals surface area contributed by atoms with Crippen LogP contribution >= 0.6 is 0 Å². The molecule has 0 radical (unpaired) electrons. The summed E-state index contributed by atoms with van der Waals surface area (Å²) in [5.74, 6) is -0.274. The van der Waals surface area contributed by atoms with E-state index < -0.39 is 9.84 Å². The molecule has 1 unspecified atom stereocenters. The first-order chi connectivity index (χ1) is 8.02. The zero-order valence-electron chi connectivity index (χ0n) is 9.19. The lowest BCUT2D eigenvalue weighted by Gasteiger charge is -2.26. The van der Waals surface area contributed by atoms with Gasteiger partial charge in [-0.15, -0.1) is 0 Å². The highest BCUT2D eigenvalue weighted by Gasteiger charge is 2.33. The van der Waals surface area contributed by atoms with Gasteiger partial charge in [0.05, 0.1) is 16.9 Å². The fourth-order valence-electron chi connectivity index (χ4n) is 2.40. The van der Waals surface area contributed by atoms with Gasteiger partial charge in [-0.25, -0.2) is 8.42 Å². The number of nitrogens with one attached hydrogen (secondary N) is 1. The second-order valence-corrected chi connectivity index (χ2v) is 6.36. The maximum Gasteiger partial charge on any atom is 0.177 e. The van der Waals surface area contributed by atoms with Gasteiger partial charge < -0.3 is 4.98 Å².